The second-order valence-corrected chi connectivity index (χ2v) is 22.2. The Kier molecular flexibility index (Phi) is 52.5. The van der Waals surface area contributed by atoms with Crippen molar-refractivity contribution in [2.24, 2.45) is 11.7 Å². The second-order valence-electron chi connectivity index (χ2n) is 20.8. The van der Waals surface area contributed by atoms with Gasteiger partial charge < -0.3 is 76.0 Å². The van der Waals surface area contributed by atoms with Gasteiger partial charge in [-0.2, -0.15) is 8.42 Å². The van der Waals surface area contributed by atoms with E-state index in [4.69, 9.17) is 45.7 Å². The number of aliphatic hydroxyl groups is 6. The largest absolute Gasteiger partial charge is 0.469 e. The number of methoxy groups -OCH3 is 4. The first-order valence-electron chi connectivity index (χ1n) is 30.7. The van der Waals surface area contributed by atoms with Crippen molar-refractivity contribution in [3.8, 4) is 0 Å². The minimum Gasteiger partial charge on any atom is -0.469 e. The quantitative estimate of drug-likeness (QED) is 0.00924. The van der Waals surface area contributed by atoms with Crippen molar-refractivity contribution in [2.45, 2.75) is 133 Å². The Labute approximate surface area is 545 Å². The van der Waals surface area contributed by atoms with Gasteiger partial charge in [0.25, 0.3) is 10.1 Å². The average Bonchev–Trinajstić information content (AvgIpc) is 2.46. The van der Waals surface area contributed by atoms with Gasteiger partial charge in [0, 0.05) is 102 Å². The number of hydrogen-bond donors (Lipinski definition) is 11. The van der Waals surface area contributed by atoms with Gasteiger partial charge in [-0.1, -0.05) is 139 Å². The fourth-order valence-corrected chi connectivity index (χ4v) is 8.56. The third-order valence-electron chi connectivity index (χ3n) is 13.4. The van der Waals surface area contributed by atoms with Crippen LogP contribution in [-0.4, -0.2) is 167 Å². The average molecular weight is 1310 g/mol. The van der Waals surface area contributed by atoms with Crippen molar-refractivity contribution in [1.82, 2.24) is 16.0 Å². The van der Waals surface area contributed by atoms with Crippen LogP contribution in [-0.2, 0) is 79.0 Å². The highest BCUT2D eigenvalue weighted by atomic mass is 32.2. The molecule has 0 bridgehead atoms. The summed E-state index contributed by atoms with van der Waals surface area (Å²) in [5.74, 6) is -1.20. The number of aliphatic hydroxyl groups excluding tert-OH is 6. The summed E-state index contributed by atoms with van der Waals surface area (Å²) >= 11 is 0. The summed E-state index contributed by atoms with van der Waals surface area (Å²) in [5.41, 5.74) is 11.5. The summed E-state index contributed by atoms with van der Waals surface area (Å²) in [4.78, 5) is 45.0. The SMILES string of the molecule is C1CCOC1.COC(=O)/C=C(/CC(=O)OC)NCc1ccccc1.COC(=O)CC(CC(=O)OC)NCc1ccccc1.Cc1ccc(S(=O)(=O)O)cc1.NC(CCO)CCO.OCCC(CCO)CCc1ccccc1.OCCC(CCO)NCc1ccccc1. The molecule has 1 aliphatic rings. The summed E-state index contributed by atoms with van der Waals surface area (Å²) in [6, 6.07) is 45.7. The van der Waals surface area contributed by atoms with Crippen LogP contribution in [0.25, 0.3) is 0 Å². The molecule has 0 spiro atoms. The first-order valence-corrected chi connectivity index (χ1v) is 32.2. The number of aryl methyl sites for hydroxylation is 2. The van der Waals surface area contributed by atoms with Crippen LogP contribution >= 0.6 is 0 Å². The number of nitrogens with one attached hydrogen (secondary N) is 3. The number of esters is 4. The van der Waals surface area contributed by atoms with Gasteiger partial charge >= 0.3 is 23.9 Å². The maximum Gasteiger partial charge on any atom is 0.332 e. The van der Waals surface area contributed by atoms with Crippen LogP contribution in [0.2, 0.25) is 0 Å². The lowest BCUT2D eigenvalue weighted by Gasteiger charge is -2.16. The highest BCUT2D eigenvalue weighted by Gasteiger charge is 2.18. The van der Waals surface area contributed by atoms with E-state index in [2.05, 4.69) is 59.2 Å². The van der Waals surface area contributed by atoms with E-state index in [0.29, 0.717) is 50.4 Å². The molecule has 0 unspecified atom stereocenters. The Morgan fingerprint density at radius 1 is 0.511 bits per heavy atom. The maximum atomic E-state index is 11.3. The van der Waals surface area contributed by atoms with Crippen LogP contribution in [0, 0.1) is 12.8 Å². The molecule has 1 aliphatic heterocycles. The lowest BCUT2D eigenvalue weighted by molar-refractivity contribution is -0.144. The van der Waals surface area contributed by atoms with E-state index < -0.39 is 22.1 Å². The molecular weight excluding hydrogens is 1200 g/mol. The molecule has 22 nitrogen and oxygen atoms in total. The zero-order valence-electron chi connectivity index (χ0n) is 54.3. The van der Waals surface area contributed by atoms with E-state index in [1.165, 1.54) is 70.6 Å². The van der Waals surface area contributed by atoms with E-state index in [-0.39, 0.29) is 93.9 Å². The molecule has 1 saturated heterocycles. The maximum absolute atomic E-state index is 11.3. The Morgan fingerprint density at radius 3 is 1.26 bits per heavy atom. The minimum absolute atomic E-state index is 0.00155. The number of nitrogens with two attached hydrogens (primary N) is 1. The monoisotopic (exact) mass is 1310 g/mol. The van der Waals surface area contributed by atoms with Crippen LogP contribution in [0.3, 0.4) is 0 Å². The summed E-state index contributed by atoms with van der Waals surface area (Å²) in [5, 5.41) is 61.5. The third-order valence-corrected chi connectivity index (χ3v) is 14.3. The lowest BCUT2D eigenvalue weighted by atomic mass is 9.94. The fourth-order valence-electron chi connectivity index (χ4n) is 8.08. The zero-order chi connectivity index (χ0) is 68.5. The van der Waals surface area contributed by atoms with Gasteiger partial charge in [0.2, 0.25) is 0 Å². The lowest BCUT2D eigenvalue weighted by Crippen LogP contribution is -2.33. The van der Waals surface area contributed by atoms with Crippen molar-refractivity contribution < 1.29 is 86.5 Å². The highest BCUT2D eigenvalue weighted by molar-refractivity contribution is 7.85. The van der Waals surface area contributed by atoms with E-state index in [1.54, 1.807) is 12.1 Å². The van der Waals surface area contributed by atoms with Crippen molar-refractivity contribution >= 4 is 34.0 Å². The number of ether oxygens (including phenoxy) is 5. The predicted molar refractivity (Wildman–Crippen MR) is 355 cm³/mol. The summed E-state index contributed by atoms with van der Waals surface area (Å²) in [6.07, 6.45) is 10.3. The summed E-state index contributed by atoms with van der Waals surface area (Å²) in [7, 11) is 1.22. The number of carbonyl (C=O) groups is 4. The Balaban J connectivity index is 0.00000108. The second kappa shape index (κ2) is 56.8. The van der Waals surface area contributed by atoms with Crippen molar-refractivity contribution in [3.63, 3.8) is 0 Å². The molecule has 12 N–H and O–H groups in total. The molecular formula is C69H104N4O18S. The van der Waals surface area contributed by atoms with Crippen LogP contribution in [0.5, 0.6) is 0 Å². The molecule has 5 aromatic rings. The van der Waals surface area contributed by atoms with Crippen LogP contribution in [0.15, 0.2) is 162 Å². The van der Waals surface area contributed by atoms with Crippen LogP contribution < -0.4 is 21.7 Å². The molecule has 6 rings (SSSR count). The van der Waals surface area contributed by atoms with Gasteiger partial charge in [-0.15, -0.1) is 0 Å². The molecule has 0 aromatic heterocycles. The van der Waals surface area contributed by atoms with Gasteiger partial charge in [0.15, 0.2) is 0 Å². The van der Waals surface area contributed by atoms with Crippen molar-refractivity contribution in [1.29, 1.82) is 0 Å². The number of rotatable bonds is 32. The van der Waals surface area contributed by atoms with Gasteiger partial charge in [0.05, 0.1) is 52.6 Å². The Bertz CT molecular complexity index is 2630. The minimum atomic E-state index is -4.02. The highest BCUT2D eigenvalue weighted by Crippen LogP contribution is 2.17. The fraction of sp³-hybridized carbons (Fsp3) is 0.478. The zero-order valence-corrected chi connectivity index (χ0v) is 55.1. The Morgan fingerprint density at radius 2 is 0.902 bits per heavy atom. The molecule has 0 aliphatic carbocycles. The van der Waals surface area contributed by atoms with Gasteiger partial charge in [-0.25, -0.2) is 4.79 Å². The number of benzene rings is 5. The molecule has 0 atom stereocenters. The summed E-state index contributed by atoms with van der Waals surface area (Å²) < 4.78 is 52.8. The molecule has 1 heterocycles. The van der Waals surface area contributed by atoms with Gasteiger partial charge in [-0.3, -0.25) is 18.9 Å². The topological polar surface area (TPSA) is 352 Å². The molecule has 0 radical (unpaired) electrons. The van der Waals surface area contributed by atoms with Gasteiger partial charge in [-0.05, 0) is 111 Å². The standard InChI is InChI=1S/C14H19NO4.C14H17NO4.C13H20O2.C12H19NO2.C7H8O3S.C5H13NO2.C4H8O/c2*1-18-13(16)8-12(9-14(17)19-2)15-10-11-6-4-3-5-7-11;14-10-8-13(9-11-15)7-6-12-4-2-1-3-5-12;14-8-6-12(7-9-15)13-10-11-4-2-1-3-5-11;1-6-2-4-7(5-3-6)11(8,9)10;6-5(1-3-7)2-4-8;1-2-4-5-3-1/h3-7,12,15H,8-10H2,1-2H3;3-8,15H,9-10H2,1-2H3;1-5,13-15H,6-11H2;1-5,12-15H,6-10H2;2-5H,1H3,(H,8,9,10);5,7-8H,1-4,6H2;1-4H2/b;12-8-;;;;;. The molecule has 5 aromatic carbocycles. The number of carbonyl (C=O) groups excluding carboxylic acids is 4. The van der Waals surface area contributed by atoms with E-state index in [9.17, 15) is 27.6 Å². The normalized spacial score (nSPS) is 11.5. The molecule has 23 heteroatoms. The molecule has 0 saturated carbocycles. The molecule has 92 heavy (non-hydrogen) atoms. The predicted octanol–water partition coefficient (Wildman–Crippen LogP) is 6.69. The third kappa shape index (κ3) is 47.9. The van der Waals surface area contributed by atoms with Crippen molar-refractivity contribution in [2.75, 3.05) is 81.3 Å². The molecule has 514 valence electrons. The van der Waals surface area contributed by atoms with Crippen LogP contribution in [0.1, 0.15) is 105 Å². The summed E-state index contributed by atoms with van der Waals surface area (Å²) in [6.45, 7) is 6.71. The van der Waals surface area contributed by atoms with Crippen molar-refractivity contribution in [3.05, 3.63) is 185 Å². The van der Waals surface area contributed by atoms with E-state index >= 15 is 0 Å². The first kappa shape index (κ1) is 85.0. The van der Waals surface area contributed by atoms with E-state index in [1.807, 2.05) is 104 Å². The number of hydrogen-bond acceptors (Lipinski definition) is 21. The molecule has 0 amide bonds. The van der Waals surface area contributed by atoms with Crippen LogP contribution in [0.4, 0.5) is 0 Å². The van der Waals surface area contributed by atoms with E-state index in [0.717, 1.165) is 62.1 Å². The smallest absolute Gasteiger partial charge is 0.332 e. The Hall–Kier alpha value is -6.97. The molecule has 1 fully saturated rings. The van der Waals surface area contributed by atoms with Gasteiger partial charge in [0.1, 0.15) is 0 Å². The first-order chi connectivity index (χ1) is 44.3.